The number of thiophene rings is 1. The molecule has 2 aromatic carbocycles. The Morgan fingerprint density at radius 3 is 2.72 bits per heavy atom. The summed E-state index contributed by atoms with van der Waals surface area (Å²) in [4.78, 5) is 27.6. The zero-order chi connectivity index (χ0) is 24.5. The normalized spacial score (nSPS) is 15.5. The van der Waals surface area contributed by atoms with Crippen LogP contribution in [0.5, 0.6) is 0 Å². The highest BCUT2D eigenvalue weighted by Crippen LogP contribution is 2.39. The SMILES string of the molecule is O=Cc1ccc(-c2csc3c(Nc4cn(-c5ccccc5)cn4)nc(N4CCC[C@H]4CO)nc23)cc1. The maximum atomic E-state index is 11.1. The minimum Gasteiger partial charge on any atom is -0.394 e. The number of aromatic nitrogens is 4. The highest BCUT2D eigenvalue weighted by molar-refractivity contribution is 7.18. The fourth-order valence-electron chi connectivity index (χ4n) is 4.60. The average molecular weight is 497 g/mol. The number of fused-ring (bicyclic) bond motifs is 1. The van der Waals surface area contributed by atoms with E-state index in [0.717, 1.165) is 52.7 Å². The Bertz CT molecular complexity index is 1510. The number of benzene rings is 2. The van der Waals surface area contributed by atoms with Gasteiger partial charge in [-0.05, 0) is 30.5 Å². The third-order valence-electron chi connectivity index (χ3n) is 6.49. The van der Waals surface area contributed by atoms with Crippen LogP contribution in [0.2, 0.25) is 0 Å². The summed E-state index contributed by atoms with van der Waals surface area (Å²) in [5, 5.41) is 15.4. The van der Waals surface area contributed by atoms with Gasteiger partial charge in [0, 0.05) is 28.7 Å². The van der Waals surface area contributed by atoms with E-state index in [9.17, 15) is 9.90 Å². The van der Waals surface area contributed by atoms with Crippen LogP contribution in [-0.4, -0.2) is 50.1 Å². The molecule has 1 fully saturated rings. The van der Waals surface area contributed by atoms with Crippen LogP contribution in [0.4, 0.5) is 17.6 Å². The van der Waals surface area contributed by atoms with Crippen molar-refractivity contribution in [3.63, 3.8) is 0 Å². The van der Waals surface area contributed by atoms with Crippen molar-refractivity contribution in [1.29, 1.82) is 0 Å². The fourth-order valence-corrected chi connectivity index (χ4v) is 5.56. The lowest BCUT2D eigenvalue weighted by molar-refractivity contribution is 0.112. The first-order valence-electron chi connectivity index (χ1n) is 11.8. The van der Waals surface area contributed by atoms with Gasteiger partial charge in [0.1, 0.15) is 18.4 Å². The molecule has 2 N–H and O–H groups in total. The highest BCUT2D eigenvalue weighted by Gasteiger charge is 2.28. The van der Waals surface area contributed by atoms with Gasteiger partial charge >= 0.3 is 0 Å². The van der Waals surface area contributed by atoms with Crippen LogP contribution in [-0.2, 0) is 0 Å². The molecular weight excluding hydrogens is 472 g/mol. The molecule has 5 aromatic rings. The number of para-hydroxylation sites is 1. The van der Waals surface area contributed by atoms with E-state index < -0.39 is 0 Å². The number of rotatable bonds is 7. The molecule has 180 valence electrons. The Hall–Kier alpha value is -4.08. The molecular formula is C27H24N6O2S. The molecule has 9 heteroatoms. The van der Waals surface area contributed by atoms with Gasteiger partial charge in [-0.3, -0.25) is 4.79 Å². The minimum atomic E-state index is 0.00143. The lowest BCUT2D eigenvalue weighted by Crippen LogP contribution is -2.33. The number of carbonyl (C=O) groups excluding carboxylic acids is 1. The van der Waals surface area contributed by atoms with Crippen LogP contribution in [0, 0.1) is 0 Å². The Morgan fingerprint density at radius 1 is 1.11 bits per heavy atom. The summed E-state index contributed by atoms with van der Waals surface area (Å²) in [6.45, 7) is 0.863. The molecule has 0 spiro atoms. The first-order chi connectivity index (χ1) is 17.7. The third kappa shape index (κ3) is 4.12. The Balaban J connectivity index is 1.44. The van der Waals surface area contributed by atoms with Crippen LogP contribution < -0.4 is 10.2 Å². The minimum absolute atomic E-state index is 0.00143. The number of aldehydes is 1. The van der Waals surface area contributed by atoms with Crippen molar-refractivity contribution >= 4 is 45.4 Å². The van der Waals surface area contributed by atoms with Crippen LogP contribution in [0.3, 0.4) is 0 Å². The van der Waals surface area contributed by atoms with Crippen molar-refractivity contribution in [1.82, 2.24) is 19.5 Å². The maximum Gasteiger partial charge on any atom is 0.228 e. The zero-order valence-electron chi connectivity index (χ0n) is 19.4. The largest absolute Gasteiger partial charge is 0.394 e. The molecule has 36 heavy (non-hydrogen) atoms. The Morgan fingerprint density at radius 2 is 1.94 bits per heavy atom. The van der Waals surface area contributed by atoms with Crippen molar-refractivity contribution in [2.45, 2.75) is 18.9 Å². The van der Waals surface area contributed by atoms with E-state index in [2.05, 4.69) is 20.6 Å². The van der Waals surface area contributed by atoms with Gasteiger partial charge in [0.05, 0.1) is 29.1 Å². The molecule has 0 saturated carbocycles. The van der Waals surface area contributed by atoms with E-state index in [1.165, 1.54) is 0 Å². The van der Waals surface area contributed by atoms with Gasteiger partial charge in [-0.15, -0.1) is 11.3 Å². The summed E-state index contributed by atoms with van der Waals surface area (Å²) >= 11 is 1.57. The van der Waals surface area contributed by atoms with E-state index in [4.69, 9.17) is 9.97 Å². The van der Waals surface area contributed by atoms with Crippen molar-refractivity contribution in [3.8, 4) is 16.8 Å². The first kappa shape index (κ1) is 22.4. The lowest BCUT2D eigenvalue weighted by atomic mass is 10.1. The molecule has 0 aliphatic carbocycles. The fraction of sp³-hybridized carbons (Fsp3) is 0.185. The van der Waals surface area contributed by atoms with E-state index in [0.29, 0.717) is 23.1 Å². The second kappa shape index (κ2) is 9.52. The zero-order valence-corrected chi connectivity index (χ0v) is 20.2. The summed E-state index contributed by atoms with van der Waals surface area (Å²) < 4.78 is 2.88. The molecule has 0 radical (unpaired) electrons. The van der Waals surface area contributed by atoms with Gasteiger partial charge in [0.2, 0.25) is 5.95 Å². The highest BCUT2D eigenvalue weighted by atomic mass is 32.1. The number of carbonyl (C=O) groups is 1. The van der Waals surface area contributed by atoms with Crippen molar-refractivity contribution in [2.75, 3.05) is 23.4 Å². The monoisotopic (exact) mass is 496 g/mol. The molecule has 1 saturated heterocycles. The molecule has 8 nitrogen and oxygen atoms in total. The van der Waals surface area contributed by atoms with E-state index in [1.54, 1.807) is 17.7 Å². The summed E-state index contributed by atoms with van der Waals surface area (Å²) in [5.41, 5.74) is 4.45. The van der Waals surface area contributed by atoms with Gasteiger partial charge in [-0.2, -0.15) is 4.98 Å². The van der Waals surface area contributed by atoms with Gasteiger partial charge in [0.15, 0.2) is 5.82 Å². The number of aliphatic hydroxyl groups is 1. The van der Waals surface area contributed by atoms with Crippen molar-refractivity contribution < 1.29 is 9.90 Å². The van der Waals surface area contributed by atoms with E-state index in [1.807, 2.05) is 65.4 Å². The molecule has 3 aromatic heterocycles. The predicted molar refractivity (Wildman–Crippen MR) is 143 cm³/mol. The third-order valence-corrected chi connectivity index (χ3v) is 7.47. The smallest absolute Gasteiger partial charge is 0.228 e. The first-order valence-corrected chi connectivity index (χ1v) is 12.7. The number of anilines is 3. The van der Waals surface area contributed by atoms with Crippen LogP contribution >= 0.6 is 11.3 Å². The number of imidazole rings is 1. The lowest BCUT2D eigenvalue weighted by Gasteiger charge is -2.23. The second-order valence-electron chi connectivity index (χ2n) is 8.74. The Labute approximate surface area is 211 Å². The summed E-state index contributed by atoms with van der Waals surface area (Å²) in [5.74, 6) is 1.95. The second-order valence-corrected chi connectivity index (χ2v) is 9.62. The molecule has 6 rings (SSSR count). The number of aliphatic hydroxyl groups excluding tert-OH is 1. The molecule has 1 atom stereocenters. The molecule has 1 aliphatic heterocycles. The van der Waals surface area contributed by atoms with E-state index >= 15 is 0 Å². The van der Waals surface area contributed by atoms with E-state index in [-0.39, 0.29) is 12.6 Å². The molecule has 4 heterocycles. The molecule has 0 bridgehead atoms. The van der Waals surface area contributed by atoms with Crippen LogP contribution in [0.1, 0.15) is 23.2 Å². The summed E-state index contributed by atoms with van der Waals surface area (Å²) in [7, 11) is 0. The number of nitrogens with zero attached hydrogens (tertiary/aromatic N) is 5. The van der Waals surface area contributed by atoms with Crippen molar-refractivity contribution in [2.24, 2.45) is 0 Å². The van der Waals surface area contributed by atoms with Crippen LogP contribution in [0.15, 0.2) is 72.5 Å². The molecule has 0 amide bonds. The number of nitrogens with one attached hydrogen (secondary N) is 1. The Kier molecular flexibility index (Phi) is 5.92. The maximum absolute atomic E-state index is 11.1. The standard InChI is InChI=1S/C27H24N6O2S/c34-14-18-8-10-19(11-9-18)22-16-36-25-24(22)30-27(33-12-4-7-21(33)15-35)31-26(25)29-23-13-32(17-28-23)20-5-2-1-3-6-20/h1-3,5-6,8-11,13-14,16-17,21,35H,4,7,12,15H2,(H,29,30,31)/t21-/m0/s1. The molecule has 0 unspecified atom stereocenters. The van der Waals surface area contributed by atoms with Gasteiger partial charge in [0.25, 0.3) is 0 Å². The van der Waals surface area contributed by atoms with Crippen molar-refractivity contribution in [3.05, 3.63) is 78.1 Å². The predicted octanol–water partition coefficient (Wildman–Crippen LogP) is 5.06. The molecule has 1 aliphatic rings. The summed E-state index contributed by atoms with van der Waals surface area (Å²) in [6, 6.07) is 17.5. The van der Waals surface area contributed by atoms with Crippen LogP contribution in [0.25, 0.3) is 27.0 Å². The average Bonchev–Trinajstić information content (AvgIpc) is 3.69. The quantitative estimate of drug-likeness (QED) is 0.304. The number of hydrogen-bond acceptors (Lipinski definition) is 8. The van der Waals surface area contributed by atoms with Gasteiger partial charge < -0.3 is 19.9 Å². The van der Waals surface area contributed by atoms with Gasteiger partial charge in [-0.1, -0.05) is 42.5 Å². The van der Waals surface area contributed by atoms with Gasteiger partial charge in [-0.25, -0.2) is 9.97 Å². The number of hydrogen-bond donors (Lipinski definition) is 2. The topological polar surface area (TPSA) is 96.2 Å². The summed E-state index contributed by atoms with van der Waals surface area (Å²) in [6.07, 6.45) is 6.44.